The van der Waals surface area contributed by atoms with Crippen molar-refractivity contribution in [3.63, 3.8) is 0 Å². The highest BCUT2D eigenvalue weighted by Crippen LogP contribution is 2.21. The van der Waals surface area contributed by atoms with Crippen molar-refractivity contribution in [3.05, 3.63) is 58.8 Å². The second kappa shape index (κ2) is 12.4. The fourth-order valence-corrected chi connectivity index (χ4v) is 3.71. The molecule has 0 bridgehead atoms. The van der Waals surface area contributed by atoms with Gasteiger partial charge in [0.25, 0.3) is 0 Å². The van der Waals surface area contributed by atoms with E-state index in [1.807, 2.05) is 18.2 Å². The van der Waals surface area contributed by atoms with Gasteiger partial charge in [-0.05, 0) is 42.1 Å². The normalized spacial score (nSPS) is 16.8. The van der Waals surface area contributed by atoms with E-state index < -0.39 is 5.78 Å². The lowest BCUT2D eigenvalue weighted by Gasteiger charge is -2.32. The molecule has 1 unspecified atom stereocenters. The maximum Gasteiger partial charge on any atom is 0.213 e. The number of halogens is 1. The third-order valence-corrected chi connectivity index (χ3v) is 5.28. The van der Waals surface area contributed by atoms with Crippen LogP contribution in [0.25, 0.3) is 0 Å². The lowest BCUT2D eigenvalue weighted by molar-refractivity contribution is 0.106. The molecule has 0 aliphatic carbocycles. The van der Waals surface area contributed by atoms with E-state index >= 15 is 0 Å². The minimum atomic E-state index is -0.421. The quantitative estimate of drug-likeness (QED) is 0.233. The van der Waals surface area contributed by atoms with Crippen molar-refractivity contribution in [1.82, 2.24) is 9.88 Å². The Hall–Kier alpha value is -2.52. The van der Waals surface area contributed by atoms with E-state index in [9.17, 15) is 15.0 Å². The van der Waals surface area contributed by atoms with Crippen LogP contribution in [0.1, 0.15) is 39.9 Å². The van der Waals surface area contributed by atoms with Crippen molar-refractivity contribution in [2.75, 3.05) is 19.7 Å². The summed E-state index contributed by atoms with van der Waals surface area (Å²) in [5.74, 6) is 0.407. The largest absolute Gasteiger partial charge is 0.477 e. The van der Waals surface area contributed by atoms with Gasteiger partial charge in [0.2, 0.25) is 11.7 Å². The van der Waals surface area contributed by atoms with Crippen molar-refractivity contribution >= 4 is 24.4 Å². The van der Waals surface area contributed by atoms with Crippen molar-refractivity contribution in [2.24, 2.45) is 11.1 Å². The first-order chi connectivity index (χ1) is 14.6. The molecule has 2 heterocycles. The number of oxime groups is 1. The Morgan fingerprint density at radius 1 is 1.23 bits per heavy atom. The van der Waals surface area contributed by atoms with Crippen LogP contribution in [0.3, 0.4) is 0 Å². The summed E-state index contributed by atoms with van der Waals surface area (Å²) in [5, 5.41) is 30.0. The van der Waals surface area contributed by atoms with Crippen LogP contribution in [0.2, 0.25) is 0 Å². The molecule has 1 saturated heterocycles. The number of ether oxygens (including phenoxy) is 1. The zero-order valence-corrected chi connectivity index (χ0v) is 18.0. The molecule has 1 aromatic heterocycles. The molecule has 168 valence electrons. The molecule has 0 spiro atoms. The number of benzene rings is 1. The van der Waals surface area contributed by atoms with E-state index in [1.54, 1.807) is 12.1 Å². The highest BCUT2D eigenvalue weighted by molar-refractivity contribution is 6.35. The average molecular weight is 450 g/mol. The number of carbonyl (C=O) groups is 1. The number of aromatic nitrogens is 1. The molecule has 1 aliphatic heterocycles. The van der Waals surface area contributed by atoms with Gasteiger partial charge in [-0.25, -0.2) is 4.98 Å². The van der Waals surface area contributed by atoms with Crippen molar-refractivity contribution < 1.29 is 25.0 Å². The Balaban J connectivity index is 0.00000341. The second-order valence-electron chi connectivity index (χ2n) is 7.47. The zero-order chi connectivity index (χ0) is 21.3. The van der Waals surface area contributed by atoms with Crippen LogP contribution in [0.15, 0.2) is 41.7 Å². The van der Waals surface area contributed by atoms with Gasteiger partial charge in [-0.2, -0.15) is 0 Å². The van der Waals surface area contributed by atoms with Crippen LogP contribution >= 0.6 is 12.4 Å². The first kappa shape index (κ1) is 24.7. The maximum absolute atomic E-state index is 11.6. The molecule has 2 aromatic rings. The molecule has 0 radical (unpaired) electrons. The molecule has 1 fully saturated rings. The summed E-state index contributed by atoms with van der Waals surface area (Å²) < 4.78 is 5.81. The monoisotopic (exact) mass is 449 g/mol. The number of pyridine rings is 1. The third kappa shape index (κ3) is 7.00. The van der Waals surface area contributed by atoms with Crippen LogP contribution in [-0.2, 0) is 19.8 Å². The Bertz CT molecular complexity index is 876. The third-order valence-electron chi connectivity index (χ3n) is 5.28. The predicted molar refractivity (Wildman–Crippen MR) is 118 cm³/mol. The first-order valence-corrected chi connectivity index (χ1v) is 9.98. The summed E-state index contributed by atoms with van der Waals surface area (Å²) in [6, 6.07) is 9.06. The van der Waals surface area contributed by atoms with Crippen LogP contribution in [0.5, 0.6) is 5.88 Å². The number of hydrogen-bond acceptors (Lipinski definition) is 8. The zero-order valence-electron chi connectivity index (χ0n) is 17.2. The smallest absolute Gasteiger partial charge is 0.213 e. The van der Waals surface area contributed by atoms with Gasteiger partial charge in [-0.1, -0.05) is 23.4 Å². The predicted octanol–water partition coefficient (Wildman–Crippen LogP) is 2.42. The average Bonchev–Trinajstić information content (AvgIpc) is 2.78. The molecule has 1 aliphatic rings. The van der Waals surface area contributed by atoms with Gasteiger partial charge in [0.1, 0.15) is 6.21 Å². The molecule has 9 heteroatoms. The van der Waals surface area contributed by atoms with Gasteiger partial charge in [0, 0.05) is 36.8 Å². The van der Waals surface area contributed by atoms with Gasteiger partial charge in [-0.3, -0.25) is 9.69 Å². The van der Waals surface area contributed by atoms with Crippen LogP contribution < -0.4 is 4.74 Å². The summed E-state index contributed by atoms with van der Waals surface area (Å²) >= 11 is 0. The summed E-state index contributed by atoms with van der Waals surface area (Å²) in [5.41, 5.74) is 2.98. The van der Waals surface area contributed by atoms with Gasteiger partial charge in [0.15, 0.2) is 0 Å². The standard InChI is InChI=1S/C22H27N3O5.ClH/c26-13-19-4-3-16(8-20(19)14-27)11-25-7-1-2-17(12-25)15-30-22-6-5-18(9-23-22)21(28)10-24-29;/h3-6,8-10,17,26-27,29H,1-2,7,11-15H2;1H/b24-10+;. The molecular formula is C22H28ClN3O5. The lowest BCUT2D eigenvalue weighted by Crippen LogP contribution is -2.37. The fraction of sp³-hybridized carbons (Fsp3) is 0.409. The number of aliphatic hydroxyl groups excluding tert-OH is 2. The Kier molecular flexibility index (Phi) is 9.87. The molecule has 8 nitrogen and oxygen atoms in total. The summed E-state index contributed by atoms with van der Waals surface area (Å²) in [7, 11) is 0. The second-order valence-corrected chi connectivity index (χ2v) is 7.47. The highest BCUT2D eigenvalue weighted by atomic mass is 35.5. The van der Waals surface area contributed by atoms with Gasteiger partial charge >= 0.3 is 0 Å². The topological polar surface area (TPSA) is 115 Å². The summed E-state index contributed by atoms with van der Waals surface area (Å²) in [6.07, 6.45) is 4.39. The molecule has 1 atom stereocenters. The van der Waals surface area contributed by atoms with E-state index in [1.165, 1.54) is 6.20 Å². The Morgan fingerprint density at radius 2 is 2.03 bits per heavy atom. The summed E-state index contributed by atoms with van der Waals surface area (Å²) in [4.78, 5) is 18.1. The van der Waals surface area contributed by atoms with E-state index in [4.69, 9.17) is 9.94 Å². The fourth-order valence-electron chi connectivity index (χ4n) is 3.71. The van der Waals surface area contributed by atoms with Crippen LogP contribution in [-0.4, -0.2) is 57.0 Å². The number of likely N-dealkylation sites (tertiary alicyclic amines) is 1. The molecule has 1 aromatic carbocycles. The minimum absolute atomic E-state index is 0. The number of hydrogen-bond donors (Lipinski definition) is 3. The van der Waals surface area contributed by atoms with E-state index in [2.05, 4.69) is 15.0 Å². The lowest BCUT2D eigenvalue weighted by atomic mass is 9.98. The number of rotatable bonds is 9. The van der Waals surface area contributed by atoms with Crippen LogP contribution in [0, 0.1) is 5.92 Å². The SMILES string of the molecule is Cl.O=C(/C=N/O)c1ccc(OCC2CCCN(Cc3ccc(CO)c(CO)c3)C2)nc1. The number of carbonyl (C=O) groups excluding carboxylic acids is 1. The molecular weight excluding hydrogens is 422 g/mol. The number of piperidine rings is 1. The molecule has 31 heavy (non-hydrogen) atoms. The van der Waals surface area contributed by atoms with E-state index in [0.29, 0.717) is 24.0 Å². The van der Waals surface area contributed by atoms with Crippen molar-refractivity contribution in [3.8, 4) is 5.88 Å². The number of Topliss-reactive ketones (excluding diaryl/α,β-unsaturated/α-hetero) is 1. The van der Waals surface area contributed by atoms with Gasteiger partial charge < -0.3 is 20.2 Å². The van der Waals surface area contributed by atoms with Crippen molar-refractivity contribution in [1.29, 1.82) is 0 Å². The van der Waals surface area contributed by atoms with E-state index in [0.717, 1.165) is 55.4 Å². The Labute approximate surface area is 187 Å². The van der Waals surface area contributed by atoms with Gasteiger partial charge in [-0.15, -0.1) is 12.4 Å². The minimum Gasteiger partial charge on any atom is -0.477 e. The number of ketones is 1. The summed E-state index contributed by atoms with van der Waals surface area (Å²) in [6.45, 7) is 3.09. The molecule has 3 N–H and O–H groups in total. The maximum atomic E-state index is 11.6. The van der Waals surface area contributed by atoms with Crippen LogP contribution in [0.4, 0.5) is 0 Å². The number of nitrogens with zero attached hydrogens (tertiary/aromatic N) is 3. The van der Waals surface area contributed by atoms with E-state index in [-0.39, 0.29) is 25.6 Å². The molecule has 0 amide bonds. The van der Waals surface area contributed by atoms with Gasteiger partial charge in [0.05, 0.1) is 19.8 Å². The highest BCUT2D eigenvalue weighted by Gasteiger charge is 2.21. The molecule has 3 rings (SSSR count). The molecule has 0 saturated carbocycles. The van der Waals surface area contributed by atoms with Crippen molar-refractivity contribution in [2.45, 2.75) is 32.6 Å². The number of aliphatic hydroxyl groups is 2. The first-order valence-electron chi connectivity index (χ1n) is 9.98. The Morgan fingerprint density at radius 3 is 2.71 bits per heavy atom.